The zero-order valence-electron chi connectivity index (χ0n) is 21.8. The van der Waals surface area contributed by atoms with Gasteiger partial charge >= 0.3 is 0 Å². The van der Waals surface area contributed by atoms with Crippen molar-refractivity contribution in [2.45, 2.75) is 52.1 Å². The van der Waals surface area contributed by atoms with Gasteiger partial charge in [0.15, 0.2) is 6.61 Å². The molecule has 7 heteroatoms. The van der Waals surface area contributed by atoms with Crippen LogP contribution >= 0.6 is 23.2 Å². The van der Waals surface area contributed by atoms with Crippen LogP contribution in [0.15, 0.2) is 72.8 Å². The van der Waals surface area contributed by atoms with E-state index in [1.807, 2.05) is 61.5 Å². The first-order valence-electron chi connectivity index (χ1n) is 12.4. The number of benzene rings is 3. The van der Waals surface area contributed by atoms with Gasteiger partial charge in [-0.3, -0.25) is 9.59 Å². The van der Waals surface area contributed by atoms with Crippen molar-refractivity contribution >= 4 is 35.0 Å². The van der Waals surface area contributed by atoms with E-state index in [0.29, 0.717) is 34.3 Å². The lowest BCUT2D eigenvalue weighted by Crippen LogP contribution is -2.51. The second-order valence-corrected chi connectivity index (χ2v) is 10.7. The third-order valence-corrected chi connectivity index (χ3v) is 6.77. The van der Waals surface area contributed by atoms with Crippen LogP contribution in [0, 0.1) is 0 Å². The topological polar surface area (TPSA) is 58.6 Å². The molecule has 0 saturated carbocycles. The van der Waals surface area contributed by atoms with Crippen LogP contribution in [0.25, 0.3) is 0 Å². The summed E-state index contributed by atoms with van der Waals surface area (Å²) >= 11 is 12.9. The zero-order chi connectivity index (χ0) is 27.0. The standard InChI is InChI=1S/C30H34Cl2N2O3/c1-5-33-29(36)26(18-21-12-7-6-8-13-21)34(19-22-24(31)15-11-16-25(22)32)28(35)20-37-27-17-10-9-14-23(27)30(2,3)4/h6-17,26H,5,18-20H2,1-4H3,(H,33,36)/t26-/m0/s1. The average molecular weight is 542 g/mol. The van der Waals surface area contributed by atoms with Gasteiger partial charge in [0.25, 0.3) is 5.91 Å². The van der Waals surface area contributed by atoms with E-state index in [2.05, 4.69) is 26.1 Å². The first-order chi connectivity index (χ1) is 17.6. The van der Waals surface area contributed by atoms with Gasteiger partial charge in [-0.2, -0.15) is 0 Å². The molecule has 0 fully saturated rings. The summed E-state index contributed by atoms with van der Waals surface area (Å²) < 4.78 is 6.06. The minimum Gasteiger partial charge on any atom is -0.483 e. The smallest absolute Gasteiger partial charge is 0.261 e. The van der Waals surface area contributed by atoms with Gasteiger partial charge < -0.3 is 15.0 Å². The van der Waals surface area contributed by atoms with Crippen LogP contribution in [0.4, 0.5) is 0 Å². The highest BCUT2D eigenvalue weighted by molar-refractivity contribution is 6.36. The van der Waals surface area contributed by atoms with Crippen LogP contribution < -0.4 is 10.1 Å². The van der Waals surface area contributed by atoms with Gasteiger partial charge in [-0.05, 0) is 41.7 Å². The third kappa shape index (κ3) is 7.73. The number of halogens is 2. The molecule has 0 aliphatic carbocycles. The van der Waals surface area contributed by atoms with Crippen molar-refractivity contribution in [1.29, 1.82) is 0 Å². The molecule has 0 aliphatic rings. The van der Waals surface area contributed by atoms with Crippen LogP contribution in [-0.4, -0.2) is 35.9 Å². The van der Waals surface area contributed by atoms with Gasteiger partial charge in [0.2, 0.25) is 5.91 Å². The normalized spacial score (nSPS) is 12.1. The molecular formula is C30H34Cl2N2O3. The molecule has 1 atom stereocenters. The molecule has 0 aromatic heterocycles. The summed E-state index contributed by atoms with van der Waals surface area (Å²) in [6, 6.07) is 21.7. The van der Waals surface area contributed by atoms with E-state index in [9.17, 15) is 9.59 Å². The molecule has 37 heavy (non-hydrogen) atoms. The third-order valence-electron chi connectivity index (χ3n) is 6.06. The Morgan fingerprint density at radius 3 is 2.16 bits per heavy atom. The number of para-hydroxylation sites is 1. The Morgan fingerprint density at radius 1 is 0.919 bits per heavy atom. The number of carbonyl (C=O) groups excluding carboxylic acids is 2. The van der Waals surface area contributed by atoms with Crippen molar-refractivity contribution in [3.63, 3.8) is 0 Å². The van der Waals surface area contributed by atoms with Crippen molar-refractivity contribution in [2.24, 2.45) is 0 Å². The molecule has 196 valence electrons. The molecule has 3 aromatic carbocycles. The lowest BCUT2D eigenvalue weighted by Gasteiger charge is -2.32. The van der Waals surface area contributed by atoms with Gasteiger partial charge in [0, 0.05) is 35.1 Å². The number of hydrogen-bond acceptors (Lipinski definition) is 3. The monoisotopic (exact) mass is 540 g/mol. The lowest BCUT2D eigenvalue weighted by atomic mass is 9.86. The Labute approximate surface area is 229 Å². The summed E-state index contributed by atoms with van der Waals surface area (Å²) in [6.45, 7) is 8.39. The maximum absolute atomic E-state index is 13.8. The molecule has 0 radical (unpaired) electrons. The highest BCUT2D eigenvalue weighted by atomic mass is 35.5. The van der Waals surface area contributed by atoms with Gasteiger partial charge in [0.1, 0.15) is 11.8 Å². The highest BCUT2D eigenvalue weighted by Gasteiger charge is 2.31. The number of rotatable bonds is 10. The van der Waals surface area contributed by atoms with Gasteiger partial charge in [-0.15, -0.1) is 0 Å². The van der Waals surface area contributed by atoms with Crippen LogP contribution in [0.5, 0.6) is 5.75 Å². The first kappa shape index (κ1) is 28.5. The van der Waals surface area contributed by atoms with Crippen molar-refractivity contribution < 1.29 is 14.3 Å². The Morgan fingerprint density at radius 2 is 1.54 bits per heavy atom. The van der Waals surface area contributed by atoms with E-state index >= 15 is 0 Å². The summed E-state index contributed by atoms with van der Waals surface area (Å²) in [5, 5.41) is 3.74. The maximum atomic E-state index is 13.8. The van der Waals surface area contributed by atoms with Gasteiger partial charge in [-0.25, -0.2) is 0 Å². The fourth-order valence-corrected chi connectivity index (χ4v) is 4.65. The fourth-order valence-electron chi connectivity index (χ4n) is 4.13. The molecule has 0 bridgehead atoms. The van der Waals surface area contributed by atoms with Crippen LogP contribution in [0.3, 0.4) is 0 Å². The number of nitrogens with one attached hydrogen (secondary N) is 1. The Hall–Kier alpha value is -3.02. The summed E-state index contributed by atoms with van der Waals surface area (Å²) in [5.74, 6) is 0.0431. The number of hydrogen-bond donors (Lipinski definition) is 1. The summed E-state index contributed by atoms with van der Waals surface area (Å²) in [7, 11) is 0. The zero-order valence-corrected chi connectivity index (χ0v) is 23.3. The molecule has 5 nitrogen and oxygen atoms in total. The predicted octanol–water partition coefficient (Wildman–Crippen LogP) is 6.45. The largest absolute Gasteiger partial charge is 0.483 e. The SMILES string of the molecule is CCNC(=O)[C@H](Cc1ccccc1)N(Cc1c(Cl)cccc1Cl)C(=O)COc1ccccc1C(C)(C)C. The summed E-state index contributed by atoms with van der Waals surface area (Å²) in [6.07, 6.45) is 0.332. The first-order valence-corrected chi connectivity index (χ1v) is 13.1. The quantitative estimate of drug-likeness (QED) is 0.321. The molecule has 3 aromatic rings. The molecule has 0 heterocycles. The molecular weight excluding hydrogens is 507 g/mol. The molecule has 2 amide bonds. The van der Waals surface area contributed by atoms with Gasteiger partial charge in [0.05, 0.1) is 0 Å². The van der Waals surface area contributed by atoms with Crippen LogP contribution in [-0.2, 0) is 28.0 Å². The van der Waals surface area contributed by atoms with E-state index in [1.165, 1.54) is 4.90 Å². The number of likely N-dealkylation sites (N-methyl/N-ethyl adjacent to an activating group) is 1. The lowest BCUT2D eigenvalue weighted by molar-refractivity contribution is -0.142. The van der Waals surface area contributed by atoms with Crippen molar-refractivity contribution in [1.82, 2.24) is 10.2 Å². The fraction of sp³-hybridized carbons (Fsp3) is 0.333. The summed E-state index contributed by atoms with van der Waals surface area (Å²) in [5.41, 5.74) is 2.34. The van der Waals surface area contributed by atoms with E-state index in [4.69, 9.17) is 27.9 Å². The molecule has 0 spiro atoms. The minimum absolute atomic E-state index is 0.0657. The van der Waals surface area contributed by atoms with Crippen molar-refractivity contribution in [2.75, 3.05) is 13.2 Å². The minimum atomic E-state index is -0.788. The van der Waals surface area contributed by atoms with Crippen molar-refractivity contribution in [3.05, 3.63) is 99.5 Å². The maximum Gasteiger partial charge on any atom is 0.261 e. The Kier molecular flexibility index (Phi) is 10.0. The van der Waals surface area contributed by atoms with E-state index in [0.717, 1.165) is 11.1 Å². The molecule has 0 aliphatic heterocycles. The van der Waals surface area contributed by atoms with Gasteiger partial charge in [-0.1, -0.05) is 98.6 Å². The number of carbonyl (C=O) groups is 2. The second kappa shape index (κ2) is 13.0. The second-order valence-electron chi connectivity index (χ2n) is 9.86. The Bertz CT molecular complexity index is 1190. The highest BCUT2D eigenvalue weighted by Crippen LogP contribution is 2.31. The number of nitrogens with zero attached hydrogens (tertiary/aromatic N) is 1. The van der Waals surface area contributed by atoms with Crippen LogP contribution in [0.1, 0.15) is 44.4 Å². The van der Waals surface area contributed by atoms with E-state index in [1.54, 1.807) is 18.2 Å². The summed E-state index contributed by atoms with van der Waals surface area (Å²) in [4.78, 5) is 28.6. The number of amides is 2. The molecule has 0 saturated heterocycles. The molecule has 0 unspecified atom stereocenters. The molecule has 1 N–H and O–H groups in total. The predicted molar refractivity (Wildman–Crippen MR) is 150 cm³/mol. The molecule has 3 rings (SSSR count). The van der Waals surface area contributed by atoms with Crippen LogP contribution in [0.2, 0.25) is 10.0 Å². The average Bonchev–Trinajstić information content (AvgIpc) is 2.86. The van der Waals surface area contributed by atoms with E-state index < -0.39 is 6.04 Å². The van der Waals surface area contributed by atoms with Crippen molar-refractivity contribution in [3.8, 4) is 5.75 Å². The van der Waals surface area contributed by atoms with E-state index in [-0.39, 0.29) is 30.4 Å². The number of ether oxygens (including phenoxy) is 1. The Balaban J connectivity index is 1.97.